The first-order valence-corrected chi connectivity index (χ1v) is 11.5. The molecule has 2 aromatic rings. The van der Waals surface area contributed by atoms with E-state index in [4.69, 9.17) is 16.6 Å². The lowest BCUT2D eigenvalue weighted by molar-refractivity contribution is -0.137. The van der Waals surface area contributed by atoms with Crippen LogP contribution in [0.5, 0.6) is 0 Å². The van der Waals surface area contributed by atoms with Crippen LogP contribution in [0.15, 0.2) is 47.5 Å². The molecule has 2 aliphatic heterocycles. The maximum atomic E-state index is 13.3. The first-order chi connectivity index (χ1) is 15.1. The largest absolute Gasteiger partial charge is 0.417 e. The van der Waals surface area contributed by atoms with E-state index in [1.54, 1.807) is 6.07 Å². The van der Waals surface area contributed by atoms with Crippen LogP contribution >= 0.6 is 11.6 Å². The summed E-state index contributed by atoms with van der Waals surface area (Å²) in [6, 6.07) is 12.3. The van der Waals surface area contributed by atoms with Crippen molar-refractivity contribution in [1.82, 2.24) is 9.80 Å². The topological polar surface area (TPSA) is 18.8 Å². The summed E-state index contributed by atoms with van der Waals surface area (Å²) in [5, 5.41) is -0.267. The predicted octanol–water partition coefficient (Wildman–Crippen LogP) is 6.93. The summed E-state index contributed by atoms with van der Waals surface area (Å²) < 4.78 is 39.9. The van der Waals surface area contributed by atoms with Crippen molar-refractivity contribution in [2.75, 3.05) is 19.6 Å². The standard InChI is InChI=1S/C25H29ClF3N3/c1-16(2)31-12-6-7-18(14-31)15-32-17(3)30-23-9-5-4-8-20(23)24(32)19-10-11-21(22(26)13-19)25(27,28)29/h4-5,8-11,13,16,18,24H,6-7,12,14-15H2,1-3H3/t18-,24?/m0/s1. The van der Waals surface area contributed by atoms with Crippen molar-refractivity contribution in [3.8, 4) is 0 Å². The van der Waals surface area contributed by atoms with Gasteiger partial charge in [0.2, 0.25) is 0 Å². The van der Waals surface area contributed by atoms with E-state index in [1.165, 1.54) is 6.07 Å². The molecule has 0 bridgehead atoms. The van der Waals surface area contributed by atoms with Crippen molar-refractivity contribution in [1.29, 1.82) is 0 Å². The number of hydrogen-bond donors (Lipinski definition) is 0. The molecule has 7 heteroatoms. The normalized spacial score (nSPS) is 22.1. The quantitative estimate of drug-likeness (QED) is 0.489. The molecule has 2 heterocycles. The highest BCUT2D eigenvalue weighted by atomic mass is 35.5. The molecule has 0 aromatic heterocycles. The lowest BCUT2D eigenvalue weighted by Crippen LogP contribution is -2.46. The average Bonchev–Trinajstić information content (AvgIpc) is 2.73. The molecule has 0 spiro atoms. The van der Waals surface area contributed by atoms with Gasteiger partial charge in [-0.25, -0.2) is 4.99 Å². The third-order valence-electron chi connectivity index (χ3n) is 6.59. The predicted molar refractivity (Wildman–Crippen MR) is 124 cm³/mol. The van der Waals surface area contributed by atoms with Crippen LogP contribution in [0.25, 0.3) is 0 Å². The Morgan fingerprint density at radius 3 is 2.59 bits per heavy atom. The van der Waals surface area contributed by atoms with E-state index in [9.17, 15) is 13.2 Å². The number of fused-ring (bicyclic) bond motifs is 1. The van der Waals surface area contributed by atoms with Gasteiger partial charge in [-0.2, -0.15) is 13.2 Å². The first-order valence-electron chi connectivity index (χ1n) is 11.2. The van der Waals surface area contributed by atoms with Gasteiger partial charge in [-0.05, 0) is 69.8 Å². The summed E-state index contributed by atoms with van der Waals surface area (Å²) in [6.07, 6.45) is -2.19. The van der Waals surface area contributed by atoms with E-state index >= 15 is 0 Å². The lowest BCUT2D eigenvalue weighted by atomic mass is 9.90. The minimum absolute atomic E-state index is 0.224. The van der Waals surface area contributed by atoms with Crippen molar-refractivity contribution in [3.63, 3.8) is 0 Å². The van der Waals surface area contributed by atoms with Crippen molar-refractivity contribution in [2.24, 2.45) is 10.9 Å². The van der Waals surface area contributed by atoms with Crippen LogP contribution in [-0.2, 0) is 6.18 Å². The minimum Gasteiger partial charge on any atom is -0.349 e. The molecule has 1 unspecified atom stereocenters. The highest BCUT2D eigenvalue weighted by molar-refractivity contribution is 6.31. The average molecular weight is 464 g/mol. The van der Waals surface area contributed by atoms with Crippen LogP contribution in [0.4, 0.5) is 18.9 Å². The molecule has 0 saturated carbocycles. The number of piperidine rings is 1. The fourth-order valence-electron chi connectivity index (χ4n) is 4.94. The second-order valence-electron chi connectivity index (χ2n) is 9.11. The minimum atomic E-state index is -4.47. The number of halogens is 4. The van der Waals surface area contributed by atoms with Crippen LogP contribution in [0, 0.1) is 5.92 Å². The Labute approximate surface area is 192 Å². The molecule has 172 valence electrons. The molecule has 1 fully saturated rings. The van der Waals surface area contributed by atoms with Gasteiger partial charge < -0.3 is 9.80 Å². The molecule has 2 atom stereocenters. The molecule has 0 radical (unpaired) electrons. The number of hydrogen-bond acceptors (Lipinski definition) is 3. The van der Waals surface area contributed by atoms with E-state index in [2.05, 4.69) is 23.6 Å². The monoisotopic (exact) mass is 463 g/mol. The Morgan fingerprint density at radius 1 is 1.16 bits per heavy atom. The Bertz CT molecular complexity index is 1000. The molecular weight excluding hydrogens is 435 g/mol. The summed E-state index contributed by atoms with van der Waals surface area (Å²) >= 11 is 6.11. The number of likely N-dealkylation sites (tertiary alicyclic amines) is 1. The second-order valence-corrected chi connectivity index (χ2v) is 9.51. The summed E-state index contributed by atoms with van der Waals surface area (Å²) in [4.78, 5) is 9.57. The zero-order chi connectivity index (χ0) is 23.0. The van der Waals surface area contributed by atoms with Crippen LogP contribution in [-0.4, -0.2) is 41.3 Å². The fraction of sp³-hybridized carbons (Fsp3) is 0.480. The van der Waals surface area contributed by atoms with Gasteiger partial charge in [0.15, 0.2) is 0 Å². The molecule has 4 rings (SSSR count). The molecule has 0 N–H and O–H groups in total. The lowest BCUT2D eigenvalue weighted by Gasteiger charge is -2.42. The summed E-state index contributed by atoms with van der Waals surface area (Å²) in [6.45, 7) is 9.36. The number of alkyl halides is 3. The number of rotatable bonds is 4. The van der Waals surface area contributed by atoms with Gasteiger partial charge in [0.1, 0.15) is 5.84 Å². The maximum Gasteiger partial charge on any atom is 0.417 e. The molecule has 0 aliphatic carbocycles. The molecule has 1 saturated heterocycles. The highest BCUT2D eigenvalue weighted by Crippen LogP contribution is 2.42. The van der Waals surface area contributed by atoms with Crippen LogP contribution in [0.1, 0.15) is 56.3 Å². The Hall–Kier alpha value is -2.05. The van der Waals surface area contributed by atoms with E-state index in [0.717, 1.165) is 61.2 Å². The van der Waals surface area contributed by atoms with Crippen molar-refractivity contribution < 1.29 is 13.2 Å². The number of aliphatic imine (C=N–C) groups is 1. The summed E-state index contributed by atoms with van der Waals surface area (Å²) in [5.74, 6) is 1.35. The zero-order valence-electron chi connectivity index (χ0n) is 18.7. The first kappa shape index (κ1) is 23.1. The van der Waals surface area contributed by atoms with Crippen LogP contribution in [0.3, 0.4) is 0 Å². The molecule has 3 nitrogen and oxygen atoms in total. The smallest absolute Gasteiger partial charge is 0.349 e. The van der Waals surface area contributed by atoms with Gasteiger partial charge in [0.25, 0.3) is 0 Å². The summed E-state index contributed by atoms with van der Waals surface area (Å²) in [7, 11) is 0. The highest BCUT2D eigenvalue weighted by Gasteiger charge is 2.36. The Kier molecular flexibility index (Phi) is 6.55. The van der Waals surface area contributed by atoms with E-state index in [0.29, 0.717) is 12.0 Å². The molecule has 32 heavy (non-hydrogen) atoms. The molecule has 0 amide bonds. The fourth-order valence-corrected chi connectivity index (χ4v) is 5.23. The van der Waals surface area contributed by atoms with Gasteiger partial charge in [-0.3, -0.25) is 0 Å². The zero-order valence-corrected chi connectivity index (χ0v) is 19.4. The number of amidine groups is 1. The maximum absolute atomic E-state index is 13.3. The van der Waals surface area contributed by atoms with E-state index in [1.807, 2.05) is 31.2 Å². The van der Waals surface area contributed by atoms with Gasteiger partial charge in [0.05, 0.1) is 22.3 Å². The van der Waals surface area contributed by atoms with Crippen LogP contribution < -0.4 is 0 Å². The van der Waals surface area contributed by atoms with E-state index in [-0.39, 0.29) is 11.1 Å². The van der Waals surface area contributed by atoms with Crippen molar-refractivity contribution in [3.05, 3.63) is 64.2 Å². The third kappa shape index (κ3) is 4.67. The Morgan fingerprint density at radius 2 is 1.91 bits per heavy atom. The van der Waals surface area contributed by atoms with Gasteiger partial charge in [-0.15, -0.1) is 0 Å². The Balaban J connectivity index is 1.71. The van der Waals surface area contributed by atoms with Crippen LogP contribution in [0.2, 0.25) is 5.02 Å². The second kappa shape index (κ2) is 9.06. The molecule has 2 aromatic carbocycles. The number of nitrogens with zero attached hydrogens (tertiary/aromatic N) is 3. The van der Waals surface area contributed by atoms with Gasteiger partial charge >= 0.3 is 6.18 Å². The van der Waals surface area contributed by atoms with Crippen molar-refractivity contribution >= 4 is 23.1 Å². The number of benzene rings is 2. The van der Waals surface area contributed by atoms with Gasteiger partial charge in [-0.1, -0.05) is 35.9 Å². The van der Waals surface area contributed by atoms with E-state index < -0.39 is 11.7 Å². The summed E-state index contributed by atoms with van der Waals surface area (Å²) in [5.41, 5.74) is 1.80. The molecule has 2 aliphatic rings. The molecular formula is C25H29ClF3N3. The third-order valence-corrected chi connectivity index (χ3v) is 6.90. The number of para-hydroxylation sites is 1. The van der Waals surface area contributed by atoms with Gasteiger partial charge in [0, 0.05) is 24.7 Å². The SMILES string of the molecule is CC1=Nc2ccccc2C(c2ccc(C(F)(F)F)c(Cl)c2)N1C[C@H]1CCCN(C(C)C)C1. The van der Waals surface area contributed by atoms with Crippen molar-refractivity contribution in [2.45, 2.75) is 51.9 Å².